The third kappa shape index (κ3) is 6.90. The van der Waals surface area contributed by atoms with Gasteiger partial charge in [0.2, 0.25) is 5.91 Å². The Morgan fingerprint density at radius 2 is 1.58 bits per heavy atom. The Morgan fingerprint density at radius 1 is 0.968 bits per heavy atom. The first-order valence-electron chi connectivity index (χ1n) is 9.65. The maximum Gasteiger partial charge on any atom is 0.416 e. The number of nitrogens with one attached hydrogen (secondary N) is 1. The summed E-state index contributed by atoms with van der Waals surface area (Å²) in [6.45, 7) is 0.134. The summed E-state index contributed by atoms with van der Waals surface area (Å²) in [5.41, 5.74) is 0.288. The van der Waals surface area contributed by atoms with Gasteiger partial charge in [0.25, 0.3) is 0 Å². The van der Waals surface area contributed by atoms with E-state index in [1.54, 1.807) is 6.07 Å². The van der Waals surface area contributed by atoms with Gasteiger partial charge >= 0.3 is 12.8 Å². The van der Waals surface area contributed by atoms with Crippen molar-refractivity contribution in [2.24, 2.45) is 0 Å². The predicted molar refractivity (Wildman–Crippen MR) is 105 cm³/mol. The lowest BCUT2D eigenvalue weighted by molar-refractivity contribution is -0.137. The molecule has 0 aromatic heterocycles. The molecule has 0 radical (unpaired) electrons. The van der Waals surface area contributed by atoms with E-state index in [1.807, 2.05) is 4.90 Å². The minimum atomic E-state index is -4.35. The monoisotopic (exact) mass is 443 g/mol. The maximum absolute atomic E-state index is 12.7. The second kappa shape index (κ2) is 10.1. The van der Waals surface area contributed by atoms with Crippen molar-refractivity contribution in [1.82, 2.24) is 9.80 Å². The topological polar surface area (TPSA) is 44.8 Å². The molecule has 0 bridgehead atoms. The minimum Gasteiger partial charge on any atom is -0.433 e. The summed E-state index contributed by atoms with van der Waals surface area (Å²) in [5.74, 6) is -0.450. The van der Waals surface area contributed by atoms with Crippen LogP contribution in [-0.2, 0) is 17.5 Å². The zero-order valence-corrected chi connectivity index (χ0v) is 16.5. The highest BCUT2D eigenvalue weighted by Crippen LogP contribution is 2.29. The van der Waals surface area contributed by atoms with Crippen molar-refractivity contribution in [2.45, 2.75) is 19.3 Å². The van der Waals surface area contributed by atoms with Gasteiger partial charge < -0.3 is 10.1 Å². The molecule has 31 heavy (non-hydrogen) atoms. The first kappa shape index (κ1) is 23.0. The Balaban J connectivity index is 1.45. The van der Waals surface area contributed by atoms with Crippen LogP contribution in [0.3, 0.4) is 0 Å². The number of benzene rings is 2. The Labute approximate surface area is 176 Å². The third-order valence-corrected chi connectivity index (χ3v) is 4.90. The zero-order chi connectivity index (χ0) is 22.4. The van der Waals surface area contributed by atoms with E-state index in [4.69, 9.17) is 0 Å². The Hall–Kier alpha value is -2.72. The molecular weight excluding hydrogens is 421 g/mol. The molecule has 1 amide bonds. The van der Waals surface area contributed by atoms with Crippen LogP contribution >= 0.6 is 0 Å². The van der Waals surface area contributed by atoms with Crippen LogP contribution in [0, 0.1) is 0 Å². The van der Waals surface area contributed by atoms with Crippen LogP contribution in [0.4, 0.5) is 27.6 Å². The number of para-hydroxylation sites is 2. The molecule has 0 spiro atoms. The number of halogens is 5. The molecule has 1 saturated heterocycles. The average Bonchev–Trinajstić information content (AvgIpc) is 2.70. The van der Waals surface area contributed by atoms with Crippen molar-refractivity contribution in [3.63, 3.8) is 0 Å². The fourth-order valence-corrected chi connectivity index (χ4v) is 3.32. The van der Waals surface area contributed by atoms with E-state index in [0.29, 0.717) is 32.7 Å². The van der Waals surface area contributed by atoms with Crippen LogP contribution in [0.25, 0.3) is 0 Å². The summed E-state index contributed by atoms with van der Waals surface area (Å²) in [6.07, 6.45) is -4.35. The quantitative estimate of drug-likeness (QED) is 0.656. The summed E-state index contributed by atoms with van der Waals surface area (Å²) in [6, 6.07) is 11.1. The highest BCUT2D eigenvalue weighted by atomic mass is 19.4. The fourth-order valence-electron chi connectivity index (χ4n) is 3.32. The SMILES string of the molecule is O=C(CN1CCN(Cc2ccc(C(F)(F)F)cc2)CC1)Nc1ccccc1OC(F)F. The average molecular weight is 443 g/mol. The lowest BCUT2D eigenvalue weighted by Gasteiger charge is -2.34. The largest absolute Gasteiger partial charge is 0.433 e. The van der Waals surface area contributed by atoms with E-state index in [9.17, 15) is 26.7 Å². The summed E-state index contributed by atoms with van der Waals surface area (Å²) in [7, 11) is 0. The van der Waals surface area contributed by atoms with E-state index in [2.05, 4.69) is 15.0 Å². The molecule has 1 aliphatic heterocycles. The lowest BCUT2D eigenvalue weighted by Crippen LogP contribution is -2.48. The zero-order valence-electron chi connectivity index (χ0n) is 16.5. The lowest BCUT2D eigenvalue weighted by atomic mass is 10.1. The van der Waals surface area contributed by atoms with Gasteiger partial charge in [0.1, 0.15) is 5.75 Å². The molecular formula is C21H22F5N3O2. The third-order valence-electron chi connectivity index (χ3n) is 4.90. The first-order chi connectivity index (χ1) is 14.7. The van der Waals surface area contributed by atoms with Crippen LogP contribution < -0.4 is 10.1 Å². The number of carbonyl (C=O) groups excluding carboxylic acids is 1. The van der Waals surface area contributed by atoms with Crippen molar-refractivity contribution < 1.29 is 31.5 Å². The van der Waals surface area contributed by atoms with E-state index >= 15 is 0 Å². The Bertz CT molecular complexity index is 866. The molecule has 0 saturated carbocycles. The van der Waals surface area contributed by atoms with E-state index in [1.165, 1.54) is 30.3 Å². The van der Waals surface area contributed by atoms with E-state index in [0.717, 1.165) is 17.7 Å². The molecule has 1 aliphatic rings. The summed E-state index contributed by atoms with van der Waals surface area (Å²) < 4.78 is 67.3. The number of carbonyl (C=O) groups is 1. The van der Waals surface area contributed by atoms with Crippen molar-refractivity contribution >= 4 is 11.6 Å². The number of nitrogens with zero attached hydrogens (tertiary/aromatic N) is 2. The van der Waals surface area contributed by atoms with Gasteiger partial charge in [0.15, 0.2) is 0 Å². The van der Waals surface area contributed by atoms with Crippen LogP contribution in [0.15, 0.2) is 48.5 Å². The fraction of sp³-hybridized carbons (Fsp3) is 0.381. The number of anilines is 1. The number of amides is 1. The standard InChI is InChI=1S/C21H22F5N3O2/c22-20(23)31-18-4-2-1-3-17(18)27-19(30)14-29-11-9-28(10-12-29)13-15-5-7-16(8-6-15)21(24,25)26/h1-8,20H,9-14H2,(H,27,30). The molecule has 10 heteroatoms. The van der Waals surface area contributed by atoms with Crippen LogP contribution in [0.5, 0.6) is 5.75 Å². The predicted octanol–water partition coefficient (Wildman–Crippen LogP) is 4.06. The Morgan fingerprint density at radius 3 is 2.19 bits per heavy atom. The summed E-state index contributed by atoms with van der Waals surface area (Å²) in [4.78, 5) is 16.3. The van der Waals surface area contributed by atoms with Crippen LogP contribution in [-0.4, -0.2) is 55.0 Å². The molecule has 0 unspecified atom stereocenters. The highest BCUT2D eigenvalue weighted by molar-refractivity contribution is 5.93. The van der Waals surface area contributed by atoms with Crippen molar-refractivity contribution in [2.75, 3.05) is 38.0 Å². The molecule has 0 atom stereocenters. The second-order valence-electron chi connectivity index (χ2n) is 7.17. The van der Waals surface area contributed by atoms with E-state index in [-0.39, 0.29) is 23.9 Å². The normalized spacial score (nSPS) is 15.8. The van der Waals surface area contributed by atoms with Gasteiger partial charge in [0, 0.05) is 32.7 Å². The van der Waals surface area contributed by atoms with Gasteiger partial charge in [-0.2, -0.15) is 22.0 Å². The van der Waals surface area contributed by atoms with Gasteiger partial charge in [-0.15, -0.1) is 0 Å². The smallest absolute Gasteiger partial charge is 0.416 e. The molecule has 3 rings (SSSR count). The van der Waals surface area contributed by atoms with Crippen LogP contribution in [0.1, 0.15) is 11.1 Å². The van der Waals surface area contributed by atoms with Crippen molar-refractivity contribution in [3.05, 3.63) is 59.7 Å². The second-order valence-corrected chi connectivity index (χ2v) is 7.17. The van der Waals surface area contributed by atoms with Crippen molar-refractivity contribution in [3.8, 4) is 5.75 Å². The van der Waals surface area contributed by atoms with E-state index < -0.39 is 18.4 Å². The molecule has 2 aromatic carbocycles. The molecule has 1 N–H and O–H groups in total. The number of ether oxygens (including phenoxy) is 1. The number of rotatable bonds is 7. The number of piperazine rings is 1. The van der Waals surface area contributed by atoms with Crippen molar-refractivity contribution in [1.29, 1.82) is 0 Å². The van der Waals surface area contributed by atoms with Gasteiger partial charge in [-0.25, -0.2) is 0 Å². The molecule has 1 heterocycles. The number of hydrogen-bond donors (Lipinski definition) is 1. The van der Waals surface area contributed by atoms with Gasteiger partial charge in [-0.1, -0.05) is 24.3 Å². The molecule has 0 aliphatic carbocycles. The number of hydrogen-bond acceptors (Lipinski definition) is 4. The first-order valence-corrected chi connectivity index (χ1v) is 9.65. The summed E-state index contributed by atoms with van der Waals surface area (Å²) in [5, 5.41) is 2.59. The van der Waals surface area contributed by atoms with Gasteiger partial charge in [-0.05, 0) is 29.8 Å². The number of alkyl halides is 5. The van der Waals surface area contributed by atoms with Crippen LogP contribution in [0.2, 0.25) is 0 Å². The van der Waals surface area contributed by atoms with Gasteiger partial charge in [-0.3, -0.25) is 14.6 Å². The Kier molecular flexibility index (Phi) is 7.45. The maximum atomic E-state index is 12.7. The summed E-state index contributed by atoms with van der Waals surface area (Å²) >= 11 is 0. The molecule has 5 nitrogen and oxygen atoms in total. The molecule has 2 aromatic rings. The molecule has 168 valence electrons. The minimum absolute atomic E-state index is 0.0944. The highest BCUT2D eigenvalue weighted by Gasteiger charge is 2.30. The van der Waals surface area contributed by atoms with Gasteiger partial charge in [0.05, 0.1) is 17.8 Å². The molecule has 1 fully saturated rings.